The minimum absolute atomic E-state index is 0.134. The van der Waals surface area contributed by atoms with Crippen LogP contribution in [-0.4, -0.2) is 12.1 Å². The summed E-state index contributed by atoms with van der Waals surface area (Å²) >= 11 is 0. The Morgan fingerprint density at radius 1 is 1.24 bits per heavy atom. The Morgan fingerprint density at radius 3 is 2.67 bits per heavy atom. The molecule has 1 aromatic carbocycles. The second-order valence-corrected chi connectivity index (χ2v) is 4.35. The van der Waals surface area contributed by atoms with E-state index >= 15 is 0 Å². The highest BCUT2D eigenvalue weighted by Gasteiger charge is 2.30. The minimum atomic E-state index is -4.39. The van der Waals surface area contributed by atoms with E-state index in [1.165, 1.54) is 7.11 Å². The van der Waals surface area contributed by atoms with Gasteiger partial charge in [-0.05, 0) is 30.3 Å². The van der Waals surface area contributed by atoms with E-state index < -0.39 is 11.7 Å². The Bertz CT molecular complexity index is 629. The first-order chi connectivity index (χ1) is 9.90. The van der Waals surface area contributed by atoms with Crippen LogP contribution in [0, 0.1) is 0 Å². The molecule has 2 aromatic rings. The standard InChI is InChI=1S/C14H14F3N3O/c1-21-12-3-2-11(18)6-9(12)8-20-13-7-10(4-5-19-13)14(15,16)17/h2-7H,8,18H2,1H3,(H,19,20). The van der Waals surface area contributed by atoms with Gasteiger partial charge < -0.3 is 15.8 Å². The zero-order valence-corrected chi connectivity index (χ0v) is 11.2. The summed E-state index contributed by atoms with van der Waals surface area (Å²) in [6.45, 7) is 0.253. The summed E-state index contributed by atoms with van der Waals surface area (Å²) in [6.07, 6.45) is -3.28. The summed E-state index contributed by atoms with van der Waals surface area (Å²) in [5, 5.41) is 2.83. The van der Waals surface area contributed by atoms with E-state index in [4.69, 9.17) is 10.5 Å². The predicted octanol–water partition coefficient (Wildman–Crippen LogP) is 3.30. The summed E-state index contributed by atoms with van der Waals surface area (Å²) in [5.41, 5.74) is 6.21. The van der Waals surface area contributed by atoms with Gasteiger partial charge >= 0.3 is 6.18 Å². The molecule has 0 unspecified atom stereocenters. The highest BCUT2D eigenvalue weighted by Crippen LogP contribution is 2.30. The maximum Gasteiger partial charge on any atom is 0.416 e. The number of anilines is 2. The first kappa shape index (κ1) is 15.0. The van der Waals surface area contributed by atoms with Crippen LogP contribution in [0.15, 0.2) is 36.5 Å². The first-order valence-electron chi connectivity index (χ1n) is 6.09. The molecule has 1 aromatic heterocycles. The molecule has 7 heteroatoms. The smallest absolute Gasteiger partial charge is 0.416 e. The first-order valence-corrected chi connectivity index (χ1v) is 6.09. The second-order valence-electron chi connectivity index (χ2n) is 4.35. The van der Waals surface area contributed by atoms with Crippen LogP contribution in [0.5, 0.6) is 5.75 Å². The van der Waals surface area contributed by atoms with Gasteiger partial charge in [-0.15, -0.1) is 0 Å². The fourth-order valence-electron chi connectivity index (χ4n) is 1.83. The van der Waals surface area contributed by atoms with E-state index in [2.05, 4.69) is 10.3 Å². The lowest BCUT2D eigenvalue weighted by molar-refractivity contribution is -0.137. The minimum Gasteiger partial charge on any atom is -0.496 e. The number of hydrogen-bond acceptors (Lipinski definition) is 4. The zero-order valence-electron chi connectivity index (χ0n) is 11.2. The van der Waals surface area contributed by atoms with Gasteiger partial charge in [0.25, 0.3) is 0 Å². The maximum absolute atomic E-state index is 12.6. The summed E-state index contributed by atoms with van der Waals surface area (Å²) in [6, 6.07) is 6.96. The van der Waals surface area contributed by atoms with E-state index in [1.54, 1.807) is 18.2 Å². The van der Waals surface area contributed by atoms with Gasteiger partial charge in [0.05, 0.1) is 12.7 Å². The normalized spacial score (nSPS) is 11.2. The Kier molecular flexibility index (Phi) is 4.21. The summed E-state index contributed by atoms with van der Waals surface area (Å²) in [7, 11) is 1.51. The zero-order chi connectivity index (χ0) is 15.5. The number of pyridine rings is 1. The van der Waals surface area contributed by atoms with E-state index in [-0.39, 0.29) is 12.4 Å². The number of nitrogens with two attached hydrogens (primary N) is 1. The molecule has 2 rings (SSSR count). The SMILES string of the molecule is COc1ccc(N)cc1CNc1cc(C(F)(F)F)ccn1. The van der Waals surface area contributed by atoms with Crippen molar-refractivity contribution in [2.75, 3.05) is 18.2 Å². The molecule has 21 heavy (non-hydrogen) atoms. The fraction of sp³-hybridized carbons (Fsp3) is 0.214. The molecule has 0 saturated heterocycles. The average Bonchev–Trinajstić information content (AvgIpc) is 2.45. The molecule has 3 N–H and O–H groups in total. The summed E-state index contributed by atoms with van der Waals surface area (Å²) in [5.74, 6) is 0.734. The molecule has 0 radical (unpaired) electrons. The molecule has 0 bridgehead atoms. The van der Waals surface area contributed by atoms with Crippen molar-refractivity contribution in [3.63, 3.8) is 0 Å². The van der Waals surface area contributed by atoms with E-state index in [0.29, 0.717) is 11.4 Å². The molecular formula is C14H14F3N3O. The van der Waals surface area contributed by atoms with Crippen molar-refractivity contribution in [1.29, 1.82) is 0 Å². The maximum atomic E-state index is 12.6. The molecular weight excluding hydrogens is 283 g/mol. The molecule has 0 fully saturated rings. The summed E-state index contributed by atoms with van der Waals surface area (Å²) in [4.78, 5) is 3.86. The quantitative estimate of drug-likeness (QED) is 0.850. The number of nitrogens with one attached hydrogen (secondary N) is 1. The third-order valence-corrected chi connectivity index (χ3v) is 2.85. The highest BCUT2D eigenvalue weighted by molar-refractivity contribution is 5.49. The fourth-order valence-corrected chi connectivity index (χ4v) is 1.83. The highest BCUT2D eigenvalue weighted by atomic mass is 19.4. The van der Waals surface area contributed by atoms with Gasteiger partial charge in [0.1, 0.15) is 11.6 Å². The number of nitrogens with zero attached hydrogens (tertiary/aromatic N) is 1. The number of benzene rings is 1. The van der Waals surface area contributed by atoms with Crippen molar-refractivity contribution < 1.29 is 17.9 Å². The third-order valence-electron chi connectivity index (χ3n) is 2.85. The Hall–Kier alpha value is -2.44. The molecule has 0 spiro atoms. The molecule has 0 atom stereocenters. The van der Waals surface area contributed by atoms with Crippen LogP contribution in [0.1, 0.15) is 11.1 Å². The topological polar surface area (TPSA) is 60.2 Å². The van der Waals surface area contributed by atoms with E-state index in [0.717, 1.165) is 23.9 Å². The molecule has 0 aliphatic carbocycles. The monoisotopic (exact) mass is 297 g/mol. The molecule has 1 heterocycles. The molecule has 0 aliphatic heterocycles. The summed E-state index contributed by atoms with van der Waals surface area (Å²) < 4.78 is 43.0. The van der Waals surface area contributed by atoms with Crippen LogP contribution in [0.25, 0.3) is 0 Å². The lowest BCUT2D eigenvalue weighted by Gasteiger charge is -2.12. The number of hydrogen-bond donors (Lipinski definition) is 2. The van der Waals surface area contributed by atoms with Gasteiger partial charge in [-0.3, -0.25) is 0 Å². The average molecular weight is 297 g/mol. The molecule has 112 valence electrons. The van der Waals surface area contributed by atoms with Gasteiger partial charge in [0, 0.05) is 24.0 Å². The van der Waals surface area contributed by atoms with Gasteiger partial charge in [-0.25, -0.2) is 4.98 Å². The number of alkyl halides is 3. The van der Waals surface area contributed by atoms with Crippen LogP contribution >= 0.6 is 0 Å². The molecule has 0 saturated carbocycles. The van der Waals surface area contributed by atoms with Gasteiger partial charge in [0.2, 0.25) is 0 Å². The van der Waals surface area contributed by atoms with Crippen LogP contribution in [0.2, 0.25) is 0 Å². The molecule has 0 aliphatic rings. The van der Waals surface area contributed by atoms with Crippen molar-refractivity contribution in [2.24, 2.45) is 0 Å². The Balaban J connectivity index is 2.15. The van der Waals surface area contributed by atoms with Gasteiger partial charge in [-0.1, -0.05) is 0 Å². The number of methoxy groups -OCH3 is 1. The van der Waals surface area contributed by atoms with Gasteiger partial charge in [-0.2, -0.15) is 13.2 Å². The van der Waals surface area contributed by atoms with Crippen molar-refractivity contribution in [1.82, 2.24) is 4.98 Å². The van der Waals surface area contributed by atoms with Gasteiger partial charge in [0.15, 0.2) is 0 Å². The molecule has 0 amide bonds. The lowest BCUT2D eigenvalue weighted by atomic mass is 10.1. The Morgan fingerprint density at radius 2 is 2.00 bits per heavy atom. The number of halogens is 3. The molecule has 4 nitrogen and oxygen atoms in total. The number of aromatic nitrogens is 1. The number of nitrogen functional groups attached to an aromatic ring is 1. The Labute approximate surface area is 119 Å². The van der Waals surface area contributed by atoms with Crippen molar-refractivity contribution in [2.45, 2.75) is 12.7 Å². The second kappa shape index (κ2) is 5.90. The van der Waals surface area contributed by atoms with Crippen LogP contribution in [-0.2, 0) is 12.7 Å². The van der Waals surface area contributed by atoms with Crippen LogP contribution < -0.4 is 15.8 Å². The predicted molar refractivity (Wildman–Crippen MR) is 74.0 cm³/mol. The van der Waals surface area contributed by atoms with Crippen molar-refractivity contribution in [3.05, 3.63) is 47.7 Å². The van der Waals surface area contributed by atoms with Crippen molar-refractivity contribution >= 4 is 11.5 Å². The van der Waals surface area contributed by atoms with E-state index in [1.807, 2.05) is 0 Å². The lowest BCUT2D eigenvalue weighted by Crippen LogP contribution is -2.08. The van der Waals surface area contributed by atoms with E-state index in [9.17, 15) is 13.2 Å². The van der Waals surface area contributed by atoms with Crippen LogP contribution in [0.3, 0.4) is 0 Å². The largest absolute Gasteiger partial charge is 0.496 e. The van der Waals surface area contributed by atoms with Crippen molar-refractivity contribution in [3.8, 4) is 5.75 Å². The number of rotatable bonds is 4. The third kappa shape index (κ3) is 3.77. The number of ether oxygens (including phenoxy) is 1. The van der Waals surface area contributed by atoms with Crippen LogP contribution in [0.4, 0.5) is 24.7 Å².